The molecule has 70 valence electrons. The van der Waals surface area contributed by atoms with Gasteiger partial charge in [0.2, 0.25) is 0 Å². The molecule has 0 bridgehead atoms. The molecule has 2 aliphatic rings. The molecule has 1 aliphatic carbocycles. The Hall–Kier alpha value is 0.700. The molecular weight excluding hydrogens is 184 g/mol. The fraction of sp³-hybridized carbons (Fsp3) is 1.00. The molecular formula is C10H18S2. The summed E-state index contributed by atoms with van der Waals surface area (Å²) in [6, 6.07) is 0. The van der Waals surface area contributed by atoms with E-state index in [-0.39, 0.29) is 0 Å². The highest BCUT2D eigenvalue weighted by Crippen LogP contribution is 2.56. The van der Waals surface area contributed by atoms with Crippen molar-refractivity contribution in [3.05, 3.63) is 0 Å². The maximum Gasteiger partial charge on any atom is 0.0612 e. The summed E-state index contributed by atoms with van der Waals surface area (Å²) in [6.45, 7) is 4.84. The smallest absolute Gasteiger partial charge is 0.0612 e. The molecule has 1 aliphatic heterocycles. The van der Waals surface area contributed by atoms with E-state index in [1.807, 2.05) is 0 Å². The van der Waals surface area contributed by atoms with E-state index < -0.39 is 0 Å². The maximum absolute atomic E-state index is 2.42. The Balaban J connectivity index is 1.97. The second-order valence-electron chi connectivity index (χ2n) is 4.77. The SMILES string of the molecule is CC1(C)CCC2(CC1)SCCS2. The zero-order valence-electron chi connectivity index (χ0n) is 8.06. The van der Waals surface area contributed by atoms with E-state index in [4.69, 9.17) is 0 Å². The molecule has 0 atom stereocenters. The van der Waals surface area contributed by atoms with Crippen molar-refractivity contribution in [2.75, 3.05) is 11.5 Å². The summed E-state index contributed by atoms with van der Waals surface area (Å²) >= 11 is 4.46. The number of thioether (sulfide) groups is 2. The van der Waals surface area contributed by atoms with E-state index in [9.17, 15) is 0 Å². The number of hydrogen-bond acceptors (Lipinski definition) is 2. The van der Waals surface area contributed by atoms with Crippen LogP contribution in [0.4, 0.5) is 0 Å². The molecule has 0 amide bonds. The molecule has 0 N–H and O–H groups in total. The van der Waals surface area contributed by atoms with Crippen LogP contribution in [0.3, 0.4) is 0 Å². The first-order valence-electron chi connectivity index (χ1n) is 4.90. The predicted octanol–water partition coefficient (Wildman–Crippen LogP) is 3.76. The molecule has 0 radical (unpaired) electrons. The average molecular weight is 202 g/mol. The summed E-state index contributed by atoms with van der Waals surface area (Å²) in [4.78, 5) is 0. The maximum atomic E-state index is 2.42. The van der Waals surface area contributed by atoms with Crippen molar-refractivity contribution in [1.82, 2.24) is 0 Å². The van der Waals surface area contributed by atoms with Crippen molar-refractivity contribution in [1.29, 1.82) is 0 Å². The van der Waals surface area contributed by atoms with Crippen LogP contribution in [0, 0.1) is 5.41 Å². The van der Waals surface area contributed by atoms with Gasteiger partial charge in [0.1, 0.15) is 0 Å². The Bertz CT molecular complexity index is 157. The first-order chi connectivity index (χ1) is 5.62. The lowest BCUT2D eigenvalue weighted by atomic mass is 9.77. The molecule has 0 aromatic carbocycles. The van der Waals surface area contributed by atoms with Gasteiger partial charge in [0.25, 0.3) is 0 Å². The van der Waals surface area contributed by atoms with Crippen LogP contribution < -0.4 is 0 Å². The van der Waals surface area contributed by atoms with E-state index in [1.165, 1.54) is 37.2 Å². The number of rotatable bonds is 0. The summed E-state index contributed by atoms with van der Waals surface area (Å²) in [5.74, 6) is 2.79. The molecule has 1 spiro atoms. The molecule has 2 heteroatoms. The van der Waals surface area contributed by atoms with Gasteiger partial charge in [-0.3, -0.25) is 0 Å². The van der Waals surface area contributed by atoms with E-state index in [2.05, 4.69) is 37.4 Å². The molecule has 2 rings (SSSR count). The minimum absolute atomic E-state index is 0.634. The second kappa shape index (κ2) is 3.13. The van der Waals surface area contributed by atoms with Crippen LogP contribution in [-0.4, -0.2) is 15.6 Å². The van der Waals surface area contributed by atoms with Crippen LogP contribution in [0.5, 0.6) is 0 Å². The molecule has 2 fully saturated rings. The van der Waals surface area contributed by atoms with Crippen molar-refractivity contribution < 1.29 is 0 Å². The lowest BCUT2D eigenvalue weighted by Crippen LogP contribution is -2.29. The van der Waals surface area contributed by atoms with Gasteiger partial charge in [-0.25, -0.2) is 0 Å². The number of hydrogen-bond donors (Lipinski definition) is 0. The highest BCUT2D eigenvalue weighted by Gasteiger charge is 2.41. The Kier molecular flexibility index (Phi) is 2.41. The Morgan fingerprint density at radius 1 is 0.833 bits per heavy atom. The van der Waals surface area contributed by atoms with Gasteiger partial charge >= 0.3 is 0 Å². The van der Waals surface area contributed by atoms with Crippen molar-refractivity contribution in [3.8, 4) is 0 Å². The van der Waals surface area contributed by atoms with Gasteiger partial charge in [-0.1, -0.05) is 13.8 Å². The van der Waals surface area contributed by atoms with Gasteiger partial charge in [-0.05, 0) is 31.1 Å². The van der Waals surface area contributed by atoms with Gasteiger partial charge in [0.15, 0.2) is 0 Å². The van der Waals surface area contributed by atoms with Crippen LogP contribution in [0.2, 0.25) is 0 Å². The minimum Gasteiger partial charge on any atom is -0.143 e. The van der Waals surface area contributed by atoms with Crippen LogP contribution in [-0.2, 0) is 0 Å². The van der Waals surface area contributed by atoms with E-state index in [0.717, 1.165) is 0 Å². The highest BCUT2D eigenvalue weighted by molar-refractivity contribution is 8.21. The lowest BCUT2D eigenvalue weighted by Gasteiger charge is -2.40. The zero-order valence-corrected chi connectivity index (χ0v) is 9.69. The van der Waals surface area contributed by atoms with Crippen molar-refractivity contribution in [3.63, 3.8) is 0 Å². The van der Waals surface area contributed by atoms with Crippen LogP contribution in [0.25, 0.3) is 0 Å². The third-order valence-electron chi connectivity index (χ3n) is 3.18. The average Bonchev–Trinajstić information content (AvgIpc) is 2.46. The van der Waals surface area contributed by atoms with Gasteiger partial charge in [-0.15, -0.1) is 23.5 Å². The molecule has 1 saturated carbocycles. The van der Waals surface area contributed by atoms with Crippen molar-refractivity contribution in [2.24, 2.45) is 5.41 Å². The van der Waals surface area contributed by atoms with Gasteiger partial charge in [-0.2, -0.15) is 0 Å². The van der Waals surface area contributed by atoms with Crippen LogP contribution in [0.1, 0.15) is 39.5 Å². The third-order valence-corrected chi connectivity index (χ3v) is 6.83. The fourth-order valence-electron chi connectivity index (χ4n) is 2.09. The highest BCUT2D eigenvalue weighted by atomic mass is 32.2. The normalized spacial score (nSPS) is 32.5. The largest absolute Gasteiger partial charge is 0.143 e. The summed E-state index contributed by atoms with van der Waals surface area (Å²) in [5.41, 5.74) is 0.634. The molecule has 0 aromatic rings. The first kappa shape index (κ1) is 9.26. The summed E-state index contributed by atoms with van der Waals surface area (Å²) < 4.78 is 0.662. The van der Waals surface area contributed by atoms with E-state index in [0.29, 0.717) is 9.49 Å². The monoisotopic (exact) mass is 202 g/mol. The zero-order chi connectivity index (χ0) is 8.66. The van der Waals surface area contributed by atoms with Gasteiger partial charge in [0.05, 0.1) is 4.08 Å². The summed E-state index contributed by atoms with van der Waals surface area (Å²) in [7, 11) is 0. The molecule has 12 heavy (non-hydrogen) atoms. The third kappa shape index (κ3) is 1.79. The van der Waals surface area contributed by atoms with Crippen molar-refractivity contribution >= 4 is 23.5 Å². The quantitative estimate of drug-likeness (QED) is 0.586. The van der Waals surface area contributed by atoms with Gasteiger partial charge in [0, 0.05) is 11.5 Å². The standard InChI is InChI=1S/C10H18S2/c1-9(2)3-5-10(6-4-9)11-7-8-12-10/h3-8H2,1-2H3. The summed E-state index contributed by atoms with van der Waals surface area (Å²) in [6.07, 6.45) is 5.78. The van der Waals surface area contributed by atoms with Gasteiger partial charge < -0.3 is 0 Å². The second-order valence-corrected chi connectivity index (χ2v) is 7.99. The summed E-state index contributed by atoms with van der Waals surface area (Å²) in [5, 5.41) is 0. The molecule has 0 nitrogen and oxygen atoms in total. The van der Waals surface area contributed by atoms with Crippen molar-refractivity contribution in [2.45, 2.75) is 43.6 Å². The van der Waals surface area contributed by atoms with E-state index >= 15 is 0 Å². The lowest BCUT2D eigenvalue weighted by molar-refractivity contribution is 0.241. The first-order valence-corrected chi connectivity index (χ1v) is 6.87. The molecule has 1 saturated heterocycles. The molecule has 1 heterocycles. The Morgan fingerprint density at radius 2 is 1.33 bits per heavy atom. The fourth-order valence-corrected chi connectivity index (χ4v) is 5.32. The van der Waals surface area contributed by atoms with Crippen LogP contribution >= 0.6 is 23.5 Å². The predicted molar refractivity (Wildman–Crippen MR) is 59.9 cm³/mol. The topological polar surface area (TPSA) is 0 Å². The Morgan fingerprint density at radius 3 is 1.83 bits per heavy atom. The Labute approximate surface area is 84.3 Å². The molecule has 0 unspecified atom stereocenters. The minimum atomic E-state index is 0.634. The van der Waals surface area contributed by atoms with Crippen LogP contribution in [0.15, 0.2) is 0 Å². The molecule has 0 aromatic heterocycles. The van der Waals surface area contributed by atoms with E-state index in [1.54, 1.807) is 0 Å².